The molecular weight excluding hydrogens is 296 g/mol. The molecule has 0 saturated heterocycles. The third kappa shape index (κ3) is 3.45. The van der Waals surface area contributed by atoms with Crippen molar-refractivity contribution in [2.45, 2.75) is 44.7 Å². The van der Waals surface area contributed by atoms with E-state index in [1.54, 1.807) is 0 Å². The highest BCUT2D eigenvalue weighted by atomic mass is 16.2. The number of nitrogens with one attached hydrogen (secondary N) is 1. The Labute approximate surface area is 144 Å². The molecule has 0 fully saturated rings. The molecule has 2 unspecified atom stereocenters. The average Bonchev–Trinajstić information content (AvgIpc) is 3.05. The average molecular weight is 322 g/mol. The summed E-state index contributed by atoms with van der Waals surface area (Å²) < 4.78 is 0. The first-order valence-corrected chi connectivity index (χ1v) is 8.86. The van der Waals surface area contributed by atoms with Crippen molar-refractivity contribution in [3.8, 4) is 0 Å². The van der Waals surface area contributed by atoms with Gasteiger partial charge >= 0.3 is 6.03 Å². The van der Waals surface area contributed by atoms with Crippen molar-refractivity contribution in [1.29, 1.82) is 0 Å². The third-order valence-corrected chi connectivity index (χ3v) is 4.97. The van der Waals surface area contributed by atoms with Gasteiger partial charge in [0.15, 0.2) is 0 Å². The third-order valence-electron chi connectivity index (χ3n) is 4.97. The van der Waals surface area contributed by atoms with Gasteiger partial charge in [-0.2, -0.15) is 0 Å². The highest BCUT2D eigenvalue weighted by Crippen LogP contribution is 2.35. The number of rotatable bonds is 5. The van der Waals surface area contributed by atoms with Crippen LogP contribution in [-0.2, 0) is 6.42 Å². The molecule has 0 aliphatic heterocycles. The molecular formula is C21H26N2O. The smallest absolute Gasteiger partial charge is 0.318 e. The van der Waals surface area contributed by atoms with Crippen LogP contribution in [0.3, 0.4) is 0 Å². The summed E-state index contributed by atoms with van der Waals surface area (Å²) >= 11 is 0. The van der Waals surface area contributed by atoms with E-state index in [0.29, 0.717) is 0 Å². The van der Waals surface area contributed by atoms with E-state index >= 15 is 0 Å². The van der Waals surface area contributed by atoms with Crippen molar-refractivity contribution < 1.29 is 4.79 Å². The van der Waals surface area contributed by atoms with E-state index in [1.165, 1.54) is 16.7 Å². The van der Waals surface area contributed by atoms with E-state index in [4.69, 9.17) is 0 Å². The predicted molar refractivity (Wildman–Crippen MR) is 97.9 cm³/mol. The van der Waals surface area contributed by atoms with Crippen LogP contribution in [0.25, 0.3) is 0 Å². The standard InChI is InChI=1S/C21H26N2O/c1-3-9-19(17-11-5-4-6-12-17)22-21(24)23(2)20-15-14-16-10-7-8-13-18(16)20/h4-8,10-13,19-20H,3,9,14-15H2,1-2H3,(H,22,24). The monoisotopic (exact) mass is 322 g/mol. The van der Waals surface area contributed by atoms with Gasteiger partial charge in [-0.05, 0) is 36.0 Å². The number of hydrogen-bond acceptors (Lipinski definition) is 1. The van der Waals surface area contributed by atoms with Crippen molar-refractivity contribution in [3.05, 3.63) is 71.3 Å². The highest BCUT2D eigenvalue weighted by Gasteiger charge is 2.29. The number of carbonyl (C=O) groups is 1. The van der Waals surface area contributed by atoms with Crippen molar-refractivity contribution in [3.63, 3.8) is 0 Å². The summed E-state index contributed by atoms with van der Waals surface area (Å²) in [5.74, 6) is 0. The molecule has 126 valence electrons. The SMILES string of the molecule is CCCC(NC(=O)N(C)C1CCc2ccccc21)c1ccccc1. The fourth-order valence-corrected chi connectivity index (χ4v) is 3.63. The van der Waals surface area contributed by atoms with Gasteiger partial charge in [0.25, 0.3) is 0 Å². The van der Waals surface area contributed by atoms with Crippen LogP contribution >= 0.6 is 0 Å². The van der Waals surface area contributed by atoms with E-state index in [0.717, 1.165) is 25.7 Å². The minimum absolute atomic E-state index is 0.0130. The molecule has 0 aromatic heterocycles. The first-order chi connectivity index (χ1) is 11.7. The lowest BCUT2D eigenvalue weighted by Crippen LogP contribution is -2.40. The van der Waals surface area contributed by atoms with Crippen molar-refractivity contribution in [2.75, 3.05) is 7.05 Å². The molecule has 1 N–H and O–H groups in total. The summed E-state index contributed by atoms with van der Waals surface area (Å²) in [5.41, 5.74) is 3.84. The Morgan fingerprint density at radius 3 is 2.62 bits per heavy atom. The summed E-state index contributed by atoms with van der Waals surface area (Å²) in [7, 11) is 1.91. The number of aryl methyl sites for hydroxylation is 1. The Morgan fingerprint density at radius 2 is 1.88 bits per heavy atom. The highest BCUT2D eigenvalue weighted by molar-refractivity contribution is 5.75. The van der Waals surface area contributed by atoms with Crippen LogP contribution in [0.15, 0.2) is 54.6 Å². The summed E-state index contributed by atoms with van der Waals surface area (Å²) in [6.45, 7) is 2.15. The lowest BCUT2D eigenvalue weighted by Gasteiger charge is -2.28. The molecule has 2 amide bonds. The quantitative estimate of drug-likeness (QED) is 0.838. The molecule has 3 nitrogen and oxygen atoms in total. The summed E-state index contributed by atoms with van der Waals surface area (Å²) in [4.78, 5) is 14.7. The normalized spacial score (nSPS) is 17.2. The first-order valence-electron chi connectivity index (χ1n) is 8.86. The Bertz CT molecular complexity index is 683. The zero-order valence-corrected chi connectivity index (χ0v) is 14.5. The van der Waals surface area contributed by atoms with Crippen LogP contribution in [0.2, 0.25) is 0 Å². The second kappa shape index (κ2) is 7.52. The maximum Gasteiger partial charge on any atom is 0.318 e. The van der Waals surface area contributed by atoms with E-state index < -0.39 is 0 Å². The molecule has 0 radical (unpaired) electrons. The van der Waals surface area contributed by atoms with Gasteiger partial charge in [0.05, 0.1) is 12.1 Å². The van der Waals surface area contributed by atoms with Crippen molar-refractivity contribution in [2.24, 2.45) is 0 Å². The first kappa shape index (κ1) is 16.6. The largest absolute Gasteiger partial charge is 0.331 e. The lowest BCUT2D eigenvalue weighted by atomic mass is 10.0. The summed E-state index contributed by atoms with van der Waals surface area (Å²) in [5, 5.41) is 3.23. The lowest BCUT2D eigenvalue weighted by molar-refractivity contribution is 0.185. The number of carbonyl (C=O) groups excluding carboxylic acids is 1. The van der Waals surface area contributed by atoms with Crippen molar-refractivity contribution in [1.82, 2.24) is 10.2 Å². The fourth-order valence-electron chi connectivity index (χ4n) is 3.63. The molecule has 2 aromatic rings. The van der Waals surface area contributed by atoms with Crippen LogP contribution in [0, 0.1) is 0 Å². The van der Waals surface area contributed by atoms with Gasteiger partial charge in [-0.25, -0.2) is 4.79 Å². The molecule has 0 spiro atoms. The van der Waals surface area contributed by atoms with Crippen LogP contribution in [0.1, 0.15) is 55.0 Å². The molecule has 0 bridgehead atoms. The van der Waals surface area contributed by atoms with Gasteiger partial charge in [0, 0.05) is 7.05 Å². The van der Waals surface area contributed by atoms with Gasteiger partial charge in [-0.3, -0.25) is 0 Å². The van der Waals surface area contributed by atoms with Crippen LogP contribution < -0.4 is 5.32 Å². The molecule has 0 heterocycles. The van der Waals surface area contributed by atoms with E-state index in [-0.39, 0.29) is 18.1 Å². The molecule has 3 rings (SSSR count). The Hall–Kier alpha value is -2.29. The number of benzene rings is 2. The number of fused-ring (bicyclic) bond motifs is 1. The van der Waals surface area contributed by atoms with Gasteiger partial charge < -0.3 is 10.2 Å². The molecule has 1 aliphatic carbocycles. The van der Waals surface area contributed by atoms with Crippen LogP contribution in [0.5, 0.6) is 0 Å². The number of amides is 2. The summed E-state index contributed by atoms with van der Waals surface area (Å²) in [6.07, 6.45) is 4.04. The number of nitrogens with zero attached hydrogens (tertiary/aromatic N) is 1. The van der Waals surface area contributed by atoms with Crippen LogP contribution in [-0.4, -0.2) is 18.0 Å². The van der Waals surface area contributed by atoms with E-state index in [1.807, 2.05) is 30.1 Å². The van der Waals surface area contributed by atoms with Crippen molar-refractivity contribution >= 4 is 6.03 Å². The Balaban J connectivity index is 1.71. The maximum atomic E-state index is 12.8. The van der Waals surface area contributed by atoms with Crippen LogP contribution in [0.4, 0.5) is 4.79 Å². The second-order valence-electron chi connectivity index (χ2n) is 6.57. The molecule has 3 heteroatoms. The van der Waals surface area contributed by atoms with Gasteiger partial charge in [0.1, 0.15) is 0 Å². The predicted octanol–water partition coefficient (Wildman–Crippen LogP) is 4.86. The molecule has 2 aromatic carbocycles. The number of hydrogen-bond donors (Lipinski definition) is 1. The number of urea groups is 1. The minimum atomic E-state index is 0.0130. The minimum Gasteiger partial charge on any atom is -0.331 e. The fraction of sp³-hybridized carbons (Fsp3) is 0.381. The summed E-state index contributed by atoms with van der Waals surface area (Å²) in [6, 6.07) is 19.0. The Kier molecular flexibility index (Phi) is 5.19. The van der Waals surface area contributed by atoms with Gasteiger partial charge in [-0.15, -0.1) is 0 Å². The topological polar surface area (TPSA) is 32.3 Å². The molecule has 24 heavy (non-hydrogen) atoms. The van der Waals surface area contributed by atoms with E-state index in [9.17, 15) is 4.79 Å². The Morgan fingerprint density at radius 1 is 1.17 bits per heavy atom. The van der Waals surface area contributed by atoms with E-state index in [2.05, 4.69) is 48.6 Å². The zero-order chi connectivity index (χ0) is 16.9. The van der Waals surface area contributed by atoms with Gasteiger partial charge in [-0.1, -0.05) is 67.9 Å². The maximum absolute atomic E-state index is 12.8. The molecule has 2 atom stereocenters. The molecule has 1 aliphatic rings. The molecule has 0 saturated carbocycles. The van der Waals surface area contributed by atoms with Gasteiger partial charge in [0.2, 0.25) is 0 Å². The zero-order valence-electron chi connectivity index (χ0n) is 14.5. The second-order valence-corrected chi connectivity index (χ2v) is 6.57.